The molecule has 9 heteroatoms. The molecule has 2 unspecified atom stereocenters. The molecule has 0 aromatic heterocycles. The molecule has 0 aliphatic rings. The summed E-state index contributed by atoms with van der Waals surface area (Å²) in [7, 11) is 0. The molecule has 0 heterocycles. The van der Waals surface area contributed by atoms with Gasteiger partial charge < -0.3 is 25.4 Å². The summed E-state index contributed by atoms with van der Waals surface area (Å²) in [5.74, 6) is -1.54. The van der Waals surface area contributed by atoms with Gasteiger partial charge in [0.05, 0.1) is 6.07 Å². The Morgan fingerprint density at radius 2 is 1.60 bits per heavy atom. The maximum Gasteiger partial charge on any atom is 0.408 e. The predicted molar refractivity (Wildman–Crippen MR) is 151 cm³/mol. The first-order valence-electron chi connectivity index (χ1n) is 12.9. The minimum atomic E-state index is -1.38. The van der Waals surface area contributed by atoms with Crippen molar-refractivity contribution in [3.8, 4) is 11.8 Å². The molecule has 0 saturated carbocycles. The smallest absolute Gasteiger partial charge is 0.408 e. The van der Waals surface area contributed by atoms with Crippen LogP contribution in [0.5, 0.6) is 5.75 Å². The summed E-state index contributed by atoms with van der Waals surface area (Å²) in [4.78, 5) is 41.7. The van der Waals surface area contributed by atoms with Gasteiger partial charge in [-0.2, -0.15) is 5.26 Å². The van der Waals surface area contributed by atoms with Gasteiger partial charge in [-0.1, -0.05) is 66.7 Å². The number of nitrogens with one attached hydrogen (secondary N) is 2. The molecular formula is C31H34N4O5. The Labute approximate surface area is 234 Å². The number of anilines is 1. The fourth-order valence-corrected chi connectivity index (χ4v) is 4.16. The number of nitrogens with zero attached hydrogens (tertiary/aromatic N) is 2. The van der Waals surface area contributed by atoms with Crippen molar-refractivity contribution >= 4 is 23.6 Å². The fourth-order valence-electron chi connectivity index (χ4n) is 4.16. The van der Waals surface area contributed by atoms with Crippen LogP contribution in [0.1, 0.15) is 43.5 Å². The summed E-state index contributed by atoms with van der Waals surface area (Å²) in [5, 5.41) is 25.9. The molecule has 0 bridgehead atoms. The van der Waals surface area contributed by atoms with Crippen LogP contribution in [0.15, 0.2) is 78.9 Å². The van der Waals surface area contributed by atoms with Crippen LogP contribution in [0.2, 0.25) is 0 Å². The second-order valence-electron chi connectivity index (χ2n) is 10.3. The largest absolute Gasteiger partial charge is 0.508 e. The van der Waals surface area contributed by atoms with E-state index in [9.17, 15) is 24.8 Å². The van der Waals surface area contributed by atoms with Crippen LogP contribution in [0.4, 0.5) is 10.5 Å². The van der Waals surface area contributed by atoms with Crippen molar-refractivity contribution in [2.75, 3.05) is 11.9 Å². The third kappa shape index (κ3) is 8.08. The molecule has 0 aliphatic heterocycles. The van der Waals surface area contributed by atoms with Crippen LogP contribution >= 0.6 is 0 Å². The van der Waals surface area contributed by atoms with Crippen molar-refractivity contribution < 1.29 is 24.2 Å². The number of hydrogen-bond donors (Lipinski definition) is 3. The highest BCUT2D eigenvalue weighted by molar-refractivity contribution is 5.99. The van der Waals surface area contributed by atoms with Gasteiger partial charge in [-0.25, -0.2) is 4.79 Å². The molecule has 3 amide bonds. The summed E-state index contributed by atoms with van der Waals surface area (Å²) >= 11 is 0. The molecule has 0 radical (unpaired) electrons. The maximum absolute atomic E-state index is 14.1. The zero-order valence-electron chi connectivity index (χ0n) is 23.0. The highest BCUT2D eigenvalue weighted by Gasteiger charge is 2.37. The second kappa shape index (κ2) is 13.3. The molecule has 3 aromatic rings. The van der Waals surface area contributed by atoms with Crippen molar-refractivity contribution in [1.29, 1.82) is 5.26 Å². The van der Waals surface area contributed by atoms with Crippen LogP contribution in [-0.4, -0.2) is 46.1 Å². The van der Waals surface area contributed by atoms with Crippen molar-refractivity contribution in [2.24, 2.45) is 0 Å². The van der Waals surface area contributed by atoms with E-state index in [1.807, 2.05) is 31.2 Å². The number of para-hydroxylation sites is 2. The van der Waals surface area contributed by atoms with Gasteiger partial charge in [0.1, 0.15) is 30.0 Å². The number of nitriles is 1. The minimum Gasteiger partial charge on any atom is -0.508 e. The summed E-state index contributed by atoms with van der Waals surface area (Å²) in [6, 6.07) is 21.7. The number of aromatic hydroxyl groups is 1. The quantitative estimate of drug-likeness (QED) is 0.331. The predicted octanol–water partition coefficient (Wildman–Crippen LogP) is 4.87. The van der Waals surface area contributed by atoms with Gasteiger partial charge in [-0.3, -0.25) is 9.59 Å². The monoisotopic (exact) mass is 542 g/mol. The SMILES string of the molecule is Cc1ccccc1NC(=O)C(c1ccccc1O)N(CC#N)C(=O)C(Cc1ccccc1)NC(=O)OC(C)(C)C. The first-order chi connectivity index (χ1) is 19.0. The molecule has 9 nitrogen and oxygen atoms in total. The molecule has 0 fully saturated rings. The van der Waals surface area contributed by atoms with E-state index in [4.69, 9.17) is 4.74 Å². The average Bonchev–Trinajstić information content (AvgIpc) is 2.89. The van der Waals surface area contributed by atoms with E-state index in [2.05, 4.69) is 10.6 Å². The van der Waals surface area contributed by atoms with Crippen molar-refractivity contribution in [3.63, 3.8) is 0 Å². The zero-order valence-corrected chi connectivity index (χ0v) is 23.0. The van der Waals surface area contributed by atoms with Gasteiger partial charge in [0.2, 0.25) is 5.91 Å². The highest BCUT2D eigenvalue weighted by atomic mass is 16.6. The molecule has 3 rings (SSSR count). The summed E-state index contributed by atoms with van der Waals surface area (Å²) in [6.07, 6.45) is -0.740. The fraction of sp³-hybridized carbons (Fsp3) is 0.290. The molecule has 0 saturated heterocycles. The van der Waals surface area contributed by atoms with Gasteiger partial charge in [0.25, 0.3) is 5.91 Å². The highest BCUT2D eigenvalue weighted by Crippen LogP contribution is 2.31. The lowest BCUT2D eigenvalue weighted by Gasteiger charge is -2.33. The molecule has 2 atom stereocenters. The standard InChI is InChI=1S/C31H34N4O5/c1-21-12-8-10-16-24(21)33-28(37)27(23-15-9-11-17-26(23)36)35(19-18-32)29(38)25(20-22-13-6-5-7-14-22)34-30(39)40-31(2,3)4/h5-17,25,27,36H,19-20H2,1-4H3,(H,33,37)(H,34,39). The first-order valence-corrected chi connectivity index (χ1v) is 12.9. The third-order valence-electron chi connectivity index (χ3n) is 5.99. The summed E-state index contributed by atoms with van der Waals surface area (Å²) in [6.45, 7) is 6.44. The topological polar surface area (TPSA) is 132 Å². The lowest BCUT2D eigenvalue weighted by atomic mass is 9.99. The van der Waals surface area contributed by atoms with Gasteiger partial charge in [0.15, 0.2) is 0 Å². The van der Waals surface area contributed by atoms with Crippen LogP contribution in [0, 0.1) is 18.3 Å². The number of amides is 3. The first kappa shape index (κ1) is 29.7. The van der Waals surface area contributed by atoms with E-state index in [1.165, 1.54) is 12.1 Å². The molecule has 3 aromatic carbocycles. The van der Waals surface area contributed by atoms with Crippen LogP contribution in [0.3, 0.4) is 0 Å². The Balaban J connectivity index is 2.05. The molecular weight excluding hydrogens is 508 g/mol. The Bertz CT molecular complexity index is 1380. The number of aryl methyl sites for hydroxylation is 1. The third-order valence-corrected chi connectivity index (χ3v) is 5.99. The van der Waals surface area contributed by atoms with Crippen molar-refractivity contribution in [3.05, 3.63) is 95.6 Å². The number of ether oxygens (including phenoxy) is 1. The Kier molecular flexibility index (Phi) is 9.87. The summed E-state index contributed by atoms with van der Waals surface area (Å²) < 4.78 is 5.39. The van der Waals surface area contributed by atoms with E-state index in [0.29, 0.717) is 5.69 Å². The molecule has 3 N–H and O–H groups in total. The normalized spacial score (nSPS) is 12.4. The lowest BCUT2D eigenvalue weighted by Crippen LogP contribution is -2.53. The number of carbonyl (C=O) groups excluding carboxylic acids is 3. The van der Waals surface area contributed by atoms with Gasteiger partial charge in [-0.15, -0.1) is 0 Å². The van der Waals surface area contributed by atoms with Crippen LogP contribution in [0.25, 0.3) is 0 Å². The number of alkyl carbamates (subject to hydrolysis) is 1. The molecule has 0 spiro atoms. The van der Waals surface area contributed by atoms with E-state index >= 15 is 0 Å². The van der Waals surface area contributed by atoms with Crippen LogP contribution in [-0.2, 0) is 20.7 Å². The number of rotatable bonds is 9. The van der Waals surface area contributed by atoms with Gasteiger partial charge in [-0.05, 0) is 51.0 Å². The molecule has 0 aliphatic carbocycles. The molecule has 208 valence electrons. The van der Waals surface area contributed by atoms with Gasteiger partial charge in [0, 0.05) is 17.7 Å². The number of hydrogen-bond acceptors (Lipinski definition) is 6. The Morgan fingerprint density at radius 3 is 2.23 bits per heavy atom. The maximum atomic E-state index is 14.1. The number of phenolic OH excluding ortho intramolecular Hbond substituents is 1. The second-order valence-corrected chi connectivity index (χ2v) is 10.3. The van der Waals surface area contributed by atoms with Crippen molar-refractivity contribution in [1.82, 2.24) is 10.2 Å². The lowest BCUT2D eigenvalue weighted by molar-refractivity contribution is -0.140. The zero-order chi connectivity index (χ0) is 29.3. The summed E-state index contributed by atoms with van der Waals surface area (Å²) in [5.41, 5.74) is 1.37. The number of benzene rings is 3. The van der Waals surface area contributed by atoms with Crippen molar-refractivity contribution in [2.45, 2.75) is 51.8 Å². The Hall–Kier alpha value is -4.84. The Morgan fingerprint density at radius 1 is 0.975 bits per heavy atom. The van der Waals surface area contributed by atoms with Gasteiger partial charge >= 0.3 is 6.09 Å². The van der Waals surface area contributed by atoms with E-state index in [-0.39, 0.29) is 17.7 Å². The minimum absolute atomic E-state index is 0.0771. The van der Waals surface area contributed by atoms with E-state index in [0.717, 1.165) is 16.0 Å². The average molecular weight is 543 g/mol. The van der Waals surface area contributed by atoms with Crippen LogP contribution < -0.4 is 10.6 Å². The number of phenols is 1. The number of carbonyl (C=O) groups is 3. The molecule has 40 heavy (non-hydrogen) atoms. The van der Waals surface area contributed by atoms with E-state index < -0.39 is 42.1 Å². The van der Waals surface area contributed by atoms with E-state index in [1.54, 1.807) is 69.3 Å².